The van der Waals surface area contributed by atoms with Crippen LogP contribution in [0.4, 0.5) is 5.69 Å². The average Bonchev–Trinajstić information content (AvgIpc) is 2.67. The van der Waals surface area contributed by atoms with E-state index in [4.69, 9.17) is 0 Å². The van der Waals surface area contributed by atoms with E-state index in [0.29, 0.717) is 28.9 Å². The van der Waals surface area contributed by atoms with Gasteiger partial charge in [-0.15, -0.1) is 0 Å². The molecular weight excluding hydrogens is 332 g/mol. The normalized spacial score (nSPS) is 10.1. The van der Waals surface area contributed by atoms with Gasteiger partial charge in [0.1, 0.15) is 0 Å². The van der Waals surface area contributed by atoms with Crippen molar-refractivity contribution in [2.75, 3.05) is 19.0 Å². The monoisotopic (exact) mass is 354 g/mol. The van der Waals surface area contributed by atoms with Crippen LogP contribution in [0.25, 0.3) is 0 Å². The van der Waals surface area contributed by atoms with Crippen molar-refractivity contribution in [1.29, 1.82) is 0 Å². The van der Waals surface area contributed by atoms with Gasteiger partial charge >= 0.3 is 5.97 Å². The first-order valence-corrected chi connectivity index (χ1v) is 8.43. The maximum Gasteiger partial charge on any atom is 0.337 e. The molecule has 2 aromatic carbocycles. The molecule has 2 amide bonds. The van der Waals surface area contributed by atoms with Gasteiger partial charge in [-0.25, -0.2) is 4.79 Å². The van der Waals surface area contributed by atoms with Crippen LogP contribution in [0.2, 0.25) is 0 Å². The molecule has 0 aliphatic heterocycles. The lowest BCUT2D eigenvalue weighted by atomic mass is 10.1. The Morgan fingerprint density at radius 1 is 0.923 bits per heavy atom. The molecule has 2 aromatic rings. The summed E-state index contributed by atoms with van der Waals surface area (Å²) in [6, 6.07) is 13.0. The second kappa shape index (κ2) is 9.36. The Balaban J connectivity index is 2.09. The van der Waals surface area contributed by atoms with Crippen molar-refractivity contribution >= 4 is 23.5 Å². The molecule has 6 nitrogen and oxygen atoms in total. The van der Waals surface area contributed by atoms with Crippen molar-refractivity contribution in [3.05, 3.63) is 65.2 Å². The van der Waals surface area contributed by atoms with E-state index in [9.17, 15) is 14.4 Å². The molecule has 136 valence electrons. The number of carbonyl (C=O) groups excluding carboxylic acids is 3. The van der Waals surface area contributed by atoms with Crippen LogP contribution in [-0.2, 0) is 4.74 Å². The number of anilines is 1. The van der Waals surface area contributed by atoms with Gasteiger partial charge in [0, 0.05) is 23.4 Å². The zero-order valence-corrected chi connectivity index (χ0v) is 14.9. The Bertz CT molecular complexity index is 802. The molecule has 0 saturated carbocycles. The Hall–Kier alpha value is -3.15. The molecule has 2 rings (SSSR count). The molecule has 0 aliphatic rings. The molecule has 0 spiro atoms. The zero-order valence-electron chi connectivity index (χ0n) is 14.9. The number of rotatable bonds is 7. The van der Waals surface area contributed by atoms with Crippen molar-refractivity contribution in [1.82, 2.24) is 5.32 Å². The number of benzene rings is 2. The van der Waals surface area contributed by atoms with Gasteiger partial charge in [0.05, 0.1) is 12.7 Å². The number of amides is 2. The number of methoxy groups -OCH3 is 1. The quantitative estimate of drug-likeness (QED) is 0.590. The van der Waals surface area contributed by atoms with Gasteiger partial charge in [-0.2, -0.15) is 0 Å². The third kappa shape index (κ3) is 5.17. The molecule has 0 aromatic heterocycles. The summed E-state index contributed by atoms with van der Waals surface area (Å²) < 4.78 is 4.67. The third-order valence-electron chi connectivity index (χ3n) is 3.74. The maximum atomic E-state index is 12.4. The number of hydrogen-bond acceptors (Lipinski definition) is 4. The first-order valence-electron chi connectivity index (χ1n) is 8.43. The first kappa shape index (κ1) is 19.2. The summed E-state index contributed by atoms with van der Waals surface area (Å²) in [5.41, 5.74) is 1.60. The fourth-order valence-electron chi connectivity index (χ4n) is 2.33. The summed E-state index contributed by atoms with van der Waals surface area (Å²) in [4.78, 5) is 36.1. The second-order valence-electron chi connectivity index (χ2n) is 5.72. The number of esters is 1. The van der Waals surface area contributed by atoms with E-state index in [1.807, 2.05) is 6.92 Å². The summed E-state index contributed by atoms with van der Waals surface area (Å²) in [6.07, 6.45) is 1.90. The lowest BCUT2D eigenvalue weighted by molar-refractivity contribution is 0.0600. The summed E-state index contributed by atoms with van der Waals surface area (Å²) >= 11 is 0. The number of carbonyl (C=O) groups is 3. The second-order valence-corrected chi connectivity index (χ2v) is 5.72. The van der Waals surface area contributed by atoms with E-state index in [2.05, 4.69) is 15.4 Å². The van der Waals surface area contributed by atoms with Crippen molar-refractivity contribution in [3.8, 4) is 0 Å². The minimum atomic E-state index is -0.480. The summed E-state index contributed by atoms with van der Waals surface area (Å²) in [5.74, 6) is -1.05. The molecule has 0 fully saturated rings. The van der Waals surface area contributed by atoms with Crippen LogP contribution in [0.3, 0.4) is 0 Å². The van der Waals surface area contributed by atoms with Crippen molar-refractivity contribution in [3.63, 3.8) is 0 Å². The number of nitrogens with one attached hydrogen (secondary N) is 2. The molecule has 2 N–H and O–H groups in total. The van der Waals surface area contributed by atoms with Gasteiger partial charge in [-0.1, -0.05) is 25.5 Å². The minimum absolute atomic E-state index is 0.208. The highest BCUT2D eigenvalue weighted by atomic mass is 16.5. The van der Waals surface area contributed by atoms with Gasteiger partial charge in [0.2, 0.25) is 0 Å². The van der Waals surface area contributed by atoms with Gasteiger partial charge < -0.3 is 15.4 Å². The predicted molar refractivity (Wildman–Crippen MR) is 99.4 cm³/mol. The van der Waals surface area contributed by atoms with E-state index in [-0.39, 0.29) is 11.8 Å². The fraction of sp³-hybridized carbons (Fsp3) is 0.250. The number of hydrogen-bond donors (Lipinski definition) is 2. The SMILES string of the molecule is CCCCNC(=O)c1cccc(C(=O)Nc2cccc(C(=O)OC)c2)c1. The lowest BCUT2D eigenvalue weighted by Crippen LogP contribution is -2.24. The highest BCUT2D eigenvalue weighted by molar-refractivity contribution is 6.06. The summed E-state index contributed by atoms with van der Waals surface area (Å²) in [5, 5.41) is 5.54. The van der Waals surface area contributed by atoms with Crippen molar-refractivity contribution in [2.24, 2.45) is 0 Å². The molecule has 26 heavy (non-hydrogen) atoms. The first-order chi connectivity index (χ1) is 12.5. The molecule has 0 aliphatic carbocycles. The molecular formula is C20H22N2O4. The van der Waals surface area contributed by atoms with Crippen LogP contribution in [0, 0.1) is 0 Å². The van der Waals surface area contributed by atoms with Gasteiger partial charge in [-0.05, 0) is 42.8 Å². The zero-order chi connectivity index (χ0) is 18.9. The Kier molecular flexibility index (Phi) is 6.91. The van der Waals surface area contributed by atoms with Crippen molar-refractivity contribution in [2.45, 2.75) is 19.8 Å². The van der Waals surface area contributed by atoms with Gasteiger partial charge in [0.15, 0.2) is 0 Å². The molecule has 0 radical (unpaired) electrons. The average molecular weight is 354 g/mol. The van der Waals surface area contributed by atoms with E-state index < -0.39 is 5.97 Å². The molecule has 0 atom stereocenters. The largest absolute Gasteiger partial charge is 0.465 e. The summed E-state index contributed by atoms with van der Waals surface area (Å²) in [6.45, 7) is 2.65. The maximum absolute atomic E-state index is 12.4. The van der Waals surface area contributed by atoms with E-state index in [1.165, 1.54) is 13.2 Å². The van der Waals surface area contributed by atoms with E-state index >= 15 is 0 Å². The predicted octanol–water partition coefficient (Wildman–Crippen LogP) is 3.26. The fourth-order valence-corrected chi connectivity index (χ4v) is 2.33. The standard InChI is InChI=1S/C20H22N2O4/c1-3-4-11-21-18(23)14-7-5-8-15(12-14)19(24)22-17-10-6-9-16(13-17)20(25)26-2/h5-10,12-13H,3-4,11H2,1-2H3,(H,21,23)(H,22,24). The topological polar surface area (TPSA) is 84.5 Å². The van der Waals surface area contributed by atoms with E-state index in [1.54, 1.807) is 42.5 Å². The van der Waals surface area contributed by atoms with E-state index in [0.717, 1.165) is 12.8 Å². The molecule has 0 unspecified atom stereocenters. The summed E-state index contributed by atoms with van der Waals surface area (Å²) in [7, 11) is 1.30. The Morgan fingerprint density at radius 3 is 2.27 bits per heavy atom. The number of unbranched alkanes of at least 4 members (excludes halogenated alkanes) is 1. The van der Waals surface area contributed by atoms with Crippen molar-refractivity contribution < 1.29 is 19.1 Å². The Morgan fingerprint density at radius 2 is 1.58 bits per heavy atom. The van der Waals surface area contributed by atoms with Crippen LogP contribution in [0.15, 0.2) is 48.5 Å². The number of ether oxygens (including phenoxy) is 1. The molecule has 6 heteroatoms. The molecule has 0 bridgehead atoms. The highest BCUT2D eigenvalue weighted by Crippen LogP contribution is 2.14. The van der Waals surface area contributed by atoms with Crippen LogP contribution < -0.4 is 10.6 Å². The minimum Gasteiger partial charge on any atom is -0.465 e. The Labute approximate surface area is 152 Å². The highest BCUT2D eigenvalue weighted by Gasteiger charge is 2.12. The van der Waals surface area contributed by atoms with Crippen LogP contribution in [0.5, 0.6) is 0 Å². The smallest absolute Gasteiger partial charge is 0.337 e. The van der Waals surface area contributed by atoms with Crippen LogP contribution in [-0.4, -0.2) is 31.4 Å². The molecule has 0 heterocycles. The van der Waals surface area contributed by atoms with Gasteiger partial charge in [-0.3, -0.25) is 9.59 Å². The van der Waals surface area contributed by atoms with Crippen LogP contribution >= 0.6 is 0 Å². The van der Waals surface area contributed by atoms with Gasteiger partial charge in [0.25, 0.3) is 11.8 Å². The third-order valence-corrected chi connectivity index (χ3v) is 3.74. The van der Waals surface area contributed by atoms with Crippen LogP contribution in [0.1, 0.15) is 50.8 Å². The molecule has 0 saturated heterocycles. The lowest BCUT2D eigenvalue weighted by Gasteiger charge is -2.09.